The van der Waals surface area contributed by atoms with Crippen LogP contribution >= 0.6 is 22.9 Å². The first-order valence-corrected chi connectivity index (χ1v) is 12.3. The number of aryl methyl sites for hydroxylation is 1. The molecule has 166 valence electrons. The van der Waals surface area contributed by atoms with Gasteiger partial charge in [0.05, 0.1) is 18.2 Å². The Bertz CT molecular complexity index is 1130. The average molecular weight is 485 g/mol. The quantitative estimate of drug-likeness (QED) is 0.589. The Morgan fingerprint density at radius 3 is 2.58 bits per heavy atom. The molecule has 2 atom stereocenters. The summed E-state index contributed by atoms with van der Waals surface area (Å²) >= 11 is 7.22. The van der Waals surface area contributed by atoms with Crippen molar-refractivity contribution in [3.63, 3.8) is 0 Å². The van der Waals surface area contributed by atoms with Crippen LogP contribution in [0.4, 0.5) is 5.69 Å². The van der Waals surface area contributed by atoms with E-state index in [0.717, 1.165) is 27.6 Å². The molecular formula is C19H21ClN4O5S2. The number of nitrogens with one attached hydrogen (secondary N) is 1. The van der Waals surface area contributed by atoms with Crippen LogP contribution < -0.4 is 16.2 Å². The van der Waals surface area contributed by atoms with E-state index in [9.17, 15) is 18.0 Å². The number of fused-ring (bicyclic) bond motifs is 1. The van der Waals surface area contributed by atoms with Crippen molar-refractivity contribution in [1.82, 2.24) is 4.31 Å². The van der Waals surface area contributed by atoms with E-state index >= 15 is 0 Å². The van der Waals surface area contributed by atoms with Gasteiger partial charge in [0.1, 0.15) is 0 Å². The van der Waals surface area contributed by atoms with Gasteiger partial charge in [0.25, 0.3) is 16.1 Å². The van der Waals surface area contributed by atoms with Crippen molar-refractivity contribution in [3.05, 3.63) is 50.2 Å². The second-order valence-electron chi connectivity index (χ2n) is 7.35. The van der Waals surface area contributed by atoms with Crippen molar-refractivity contribution in [2.45, 2.75) is 31.4 Å². The lowest BCUT2D eigenvalue weighted by Gasteiger charge is -2.37. The number of hydrogen-bond donors (Lipinski definition) is 3. The first kappa shape index (κ1) is 22.2. The molecule has 1 fully saturated rings. The molecule has 1 aliphatic carbocycles. The summed E-state index contributed by atoms with van der Waals surface area (Å²) in [6.07, 6.45) is 1.08. The summed E-state index contributed by atoms with van der Waals surface area (Å²) < 4.78 is 31.1. The maximum absolute atomic E-state index is 13.3. The fourth-order valence-electron chi connectivity index (χ4n) is 4.05. The molecule has 0 saturated carbocycles. The van der Waals surface area contributed by atoms with Crippen LogP contribution in [0.1, 0.15) is 38.1 Å². The molecule has 2 aliphatic rings. The van der Waals surface area contributed by atoms with E-state index in [2.05, 4.69) is 5.32 Å². The van der Waals surface area contributed by atoms with Gasteiger partial charge in [-0.3, -0.25) is 9.59 Å². The average Bonchev–Trinajstić information content (AvgIpc) is 3.29. The highest BCUT2D eigenvalue weighted by molar-refractivity contribution is 7.86. The van der Waals surface area contributed by atoms with E-state index in [1.54, 1.807) is 24.3 Å². The molecule has 4 rings (SSSR count). The number of ether oxygens (including phenoxy) is 1. The summed E-state index contributed by atoms with van der Waals surface area (Å²) in [5.74, 6) is -1.23. The molecule has 5 N–H and O–H groups in total. The minimum absolute atomic E-state index is 0.0298. The van der Waals surface area contributed by atoms with Gasteiger partial charge in [-0.25, -0.2) is 5.14 Å². The van der Waals surface area contributed by atoms with Crippen LogP contribution in [0.2, 0.25) is 5.02 Å². The predicted octanol–water partition coefficient (Wildman–Crippen LogP) is 1.57. The Balaban J connectivity index is 1.81. The van der Waals surface area contributed by atoms with Gasteiger partial charge in [-0.05, 0) is 49.1 Å². The maximum atomic E-state index is 13.3. The van der Waals surface area contributed by atoms with Crippen molar-refractivity contribution in [2.75, 3.05) is 18.5 Å². The van der Waals surface area contributed by atoms with E-state index in [1.165, 1.54) is 11.3 Å². The number of nitrogens with two attached hydrogens (primary N) is 2. The van der Waals surface area contributed by atoms with Crippen LogP contribution in [0.15, 0.2) is 24.3 Å². The van der Waals surface area contributed by atoms with Gasteiger partial charge in [0, 0.05) is 27.0 Å². The van der Waals surface area contributed by atoms with E-state index in [1.807, 2.05) is 0 Å². The SMILES string of the molecule is NC(=O)C1OCCN(S(N)(=O)=O)C1c1sc2c(c1C(=O)Nc1ccc(Cl)cc1)CCC2. The van der Waals surface area contributed by atoms with Crippen molar-refractivity contribution in [2.24, 2.45) is 10.9 Å². The van der Waals surface area contributed by atoms with Crippen molar-refractivity contribution in [3.8, 4) is 0 Å². The summed E-state index contributed by atoms with van der Waals surface area (Å²) in [7, 11) is -4.18. The fourth-order valence-corrected chi connectivity index (χ4v) is 6.63. The zero-order chi connectivity index (χ0) is 22.3. The van der Waals surface area contributed by atoms with E-state index in [0.29, 0.717) is 27.6 Å². The van der Waals surface area contributed by atoms with Crippen LogP contribution in [-0.2, 0) is 32.6 Å². The molecule has 1 aromatic heterocycles. The molecule has 2 unspecified atom stereocenters. The van der Waals surface area contributed by atoms with Gasteiger partial charge in [-0.2, -0.15) is 12.7 Å². The molecule has 12 heteroatoms. The largest absolute Gasteiger partial charge is 0.367 e. The van der Waals surface area contributed by atoms with Gasteiger partial charge in [-0.1, -0.05) is 11.6 Å². The van der Waals surface area contributed by atoms with Crippen molar-refractivity contribution < 1.29 is 22.7 Å². The Morgan fingerprint density at radius 1 is 1.23 bits per heavy atom. The van der Waals surface area contributed by atoms with E-state index in [4.69, 9.17) is 27.2 Å². The van der Waals surface area contributed by atoms with Crippen LogP contribution in [0.25, 0.3) is 0 Å². The Labute approximate surface area is 188 Å². The van der Waals surface area contributed by atoms with Gasteiger partial charge in [-0.15, -0.1) is 11.3 Å². The number of anilines is 1. The number of amides is 2. The second kappa shape index (κ2) is 8.49. The highest BCUT2D eigenvalue weighted by Crippen LogP contribution is 2.43. The molecule has 31 heavy (non-hydrogen) atoms. The van der Waals surface area contributed by atoms with Crippen LogP contribution in [-0.4, -0.2) is 43.8 Å². The lowest BCUT2D eigenvalue weighted by Crippen LogP contribution is -2.54. The minimum atomic E-state index is -4.18. The second-order valence-corrected chi connectivity index (χ2v) is 10.4. The van der Waals surface area contributed by atoms with Crippen molar-refractivity contribution >= 4 is 50.6 Å². The maximum Gasteiger partial charge on any atom is 0.277 e. The third-order valence-electron chi connectivity index (χ3n) is 5.36. The van der Waals surface area contributed by atoms with Crippen LogP contribution in [0.3, 0.4) is 0 Å². The molecule has 1 aliphatic heterocycles. The Hall–Kier alpha value is -2.02. The van der Waals surface area contributed by atoms with E-state index < -0.39 is 34.2 Å². The summed E-state index contributed by atoms with van der Waals surface area (Å²) in [6, 6.07) is 5.52. The molecule has 9 nitrogen and oxygen atoms in total. The molecule has 2 aromatic rings. The molecular weight excluding hydrogens is 464 g/mol. The number of nitrogens with zero attached hydrogens (tertiary/aromatic N) is 1. The topological polar surface area (TPSA) is 145 Å². The van der Waals surface area contributed by atoms with Gasteiger partial charge in [0.15, 0.2) is 6.10 Å². The third-order valence-corrected chi connectivity index (χ3v) is 8.04. The van der Waals surface area contributed by atoms with Crippen molar-refractivity contribution in [1.29, 1.82) is 0 Å². The highest BCUT2D eigenvalue weighted by Gasteiger charge is 2.45. The first-order valence-electron chi connectivity index (χ1n) is 9.58. The Kier molecular flexibility index (Phi) is 6.08. The number of benzene rings is 1. The summed E-state index contributed by atoms with van der Waals surface area (Å²) in [4.78, 5) is 26.8. The molecule has 0 bridgehead atoms. The monoisotopic (exact) mass is 484 g/mol. The summed E-state index contributed by atoms with van der Waals surface area (Å²) in [5, 5.41) is 8.80. The summed E-state index contributed by atoms with van der Waals surface area (Å²) in [5.41, 5.74) is 7.26. The van der Waals surface area contributed by atoms with Gasteiger partial charge < -0.3 is 15.8 Å². The number of halogens is 1. The lowest BCUT2D eigenvalue weighted by molar-refractivity contribution is -0.137. The number of thiophene rings is 1. The van der Waals surface area contributed by atoms with Crippen LogP contribution in [0, 0.1) is 0 Å². The lowest BCUT2D eigenvalue weighted by atomic mass is 9.99. The zero-order valence-electron chi connectivity index (χ0n) is 16.3. The highest BCUT2D eigenvalue weighted by atomic mass is 35.5. The Morgan fingerprint density at radius 2 is 1.94 bits per heavy atom. The van der Waals surface area contributed by atoms with E-state index in [-0.39, 0.29) is 13.2 Å². The number of rotatable bonds is 5. The smallest absolute Gasteiger partial charge is 0.277 e. The first-order chi connectivity index (χ1) is 14.7. The molecule has 1 aromatic carbocycles. The molecule has 2 amide bonds. The molecule has 1 saturated heterocycles. The predicted molar refractivity (Wildman–Crippen MR) is 117 cm³/mol. The minimum Gasteiger partial charge on any atom is -0.367 e. The number of primary amides is 1. The third kappa shape index (κ3) is 4.34. The fraction of sp³-hybridized carbons (Fsp3) is 0.368. The molecule has 0 radical (unpaired) electrons. The zero-order valence-corrected chi connectivity index (χ0v) is 18.7. The number of hydrogen-bond acceptors (Lipinski definition) is 6. The standard InChI is InChI=1S/C19H21ClN4O5S2/c20-10-4-6-11(7-5-10)23-19(26)14-12-2-1-3-13(12)30-17(14)15-16(18(21)25)29-9-8-24(15)31(22,27)28/h4-7,15-16H,1-3,8-9H2,(H2,21,25)(H,23,26)(H2,22,27,28). The number of morpholine rings is 1. The number of carbonyl (C=O) groups is 2. The van der Waals surface area contributed by atoms with Crippen LogP contribution in [0.5, 0.6) is 0 Å². The van der Waals surface area contributed by atoms with Gasteiger partial charge >= 0.3 is 0 Å². The van der Waals surface area contributed by atoms with Gasteiger partial charge in [0.2, 0.25) is 5.91 Å². The molecule has 0 spiro atoms. The molecule has 2 heterocycles. The number of carbonyl (C=O) groups excluding carboxylic acids is 2. The summed E-state index contributed by atoms with van der Waals surface area (Å²) in [6.45, 7) is -0.0774. The normalized spacial score (nSPS) is 21.6.